The summed E-state index contributed by atoms with van der Waals surface area (Å²) in [5.74, 6) is 3.19. The van der Waals surface area contributed by atoms with E-state index >= 15 is 0 Å². The maximum atomic E-state index is 5.49. The Hall–Kier alpha value is -3.68. The van der Waals surface area contributed by atoms with Gasteiger partial charge >= 0.3 is 0 Å². The van der Waals surface area contributed by atoms with Crippen molar-refractivity contribution < 1.29 is 23.7 Å². The topological polar surface area (TPSA) is 83.4 Å². The molecule has 4 rings (SSSR count). The fourth-order valence-electron chi connectivity index (χ4n) is 3.17. The summed E-state index contributed by atoms with van der Waals surface area (Å²) in [5.41, 5.74) is 6.23. The highest BCUT2D eigenvalue weighted by atomic mass is 16.7. The SMILES string of the molecule is COc1cc(OC)c(/C=N/Nc2cc(C)nc3cc4c(cc23)OCO4)c(OC)c1. The number of anilines is 1. The largest absolute Gasteiger partial charge is 0.496 e. The second kappa shape index (κ2) is 7.75. The summed E-state index contributed by atoms with van der Waals surface area (Å²) in [7, 11) is 4.76. The minimum atomic E-state index is 0.211. The van der Waals surface area contributed by atoms with Gasteiger partial charge in [-0.1, -0.05) is 0 Å². The van der Waals surface area contributed by atoms with E-state index in [1.807, 2.05) is 25.1 Å². The van der Waals surface area contributed by atoms with Crippen LogP contribution in [0.15, 0.2) is 35.4 Å². The van der Waals surface area contributed by atoms with Crippen molar-refractivity contribution in [3.8, 4) is 28.7 Å². The Morgan fingerprint density at radius 1 is 0.966 bits per heavy atom. The Morgan fingerprint density at radius 2 is 1.66 bits per heavy atom. The monoisotopic (exact) mass is 395 g/mol. The highest BCUT2D eigenvalue weighted by Crippen LogP contribution is 2.38. The Kier molecular flexibility index (Phi) is 4.99. The van der Waals surface area contributed by atoms with E-state index in [0.717, 1.165) is 22.3 Å². The zero-order chi connectivity index (χ0) is 20.4. The lowest BCUT2D eigenvalue weighted by molar-refractivity contribution is 0.174. The summed E-state index contributed by atoms with van der Waals surface area (Å²) in [4.78, 5) is 4.57. The molecule has 0 fully saturated rings. The minimum Gasteiger partial charge on any atom is -0.496 e. The lowest BCUT2D eigenvalue weighted by Crippen LogP contribution is -2.00. The molecule has 1 aliphatic heterocycles. The molecule has 150 valence electrons. The molecule has 0 amide bonds. The van der Waals surface area contributed by atoms with Gasteiger partial charge in [-0.05, 0) is 19.1 Å². The lowest BCUT2D eigenvalue weighted by atomic mass is 10.1. The number of rotatable bonds is 6. The van der Waals surface area contributed by atoms with E-state index in [0.29, 0.717) is 34.3 Å². The standard InChI is InChI=1S/C21H21N3O5/c1-12-5-17(14-8-20-21(29-11-28-20)9-16(14)23-12)24-22-10-15-18(26-3)6-13(25-2)7-19(15)27-4/h5-10H,11H2,1-4H3,(H,23,24)/b22-10+. The maximum Gasteiger partial charge on any atom is 0.231 e. The van der Waals surface area contributed by atoms with Crippen LogP contribution in [0.1, 0.15) is 11.3 Å². The number of aryl methyl sites for hydroxylation is 1. The van der Waals surface area contributed by atoms with Gasteiger partial charge in [0.15, 0.2) is 11.5 Å². The van der Waals surface area contributed by atoms with Crippen LogP contribution in [0.2, 0.25) is 0 Å². The number of benzene rings is 2. The maximum absolute atomic E-state index is 5.49. The predicted molar refractivity (Wildman–Crippen MR) is 110 cm³/mol. The van der Waals surface area contributed by atoms with Crippen molar-refractivity contribution in [2.45, 2.75) is 6.92 Å². The van der Waals surface area contributed by atoms with Gasteiger partial charge < -0.3 is 23.7 Å². The van der Waals surface area contributed by atoms with Gasteiger partial charge in [0.1, 0.15) is 17.2 Å². The van der Waals surface area contributed by atoms with E-state index in [4.69, 9.17) is 23.7 Å². The molecule has 0 saturated carbocycles. The Balaban J connectivity index is 1.69. The third-order valence-electron chi connectivity index (χ3n) is 4.56. The summed E-state index contributed by atoms with van der Waals surface area (Å²) in [6.45, 7) is 2.14. The molecule has 29 heavy (non-hydrogen) atoms. The number of fused-ring (bicyclic) bond motifs is 2. The van der Waals surface area contributed by atoms with Gasteiger partial charge in [0.2, 0.25) is 6.79 Å². The van der Waals surface area contributed by atoms with Crippen LogP contribution in [-0.4, -0.2) is 39.3 Å². The first-order chi connectivity index (χ1) is 14.1. The molecule has 0 atom stereocenters. The first-order valence-electron chi connectivity index (χ1n) is 8.93. The zero-order valence-corrected chi connectivity index (χ0v) is 16.6. The average molecular weight is 395 g/mol. The van der Waals surface area contributed by atoms with Gasteiger partial charge in [-0.2, -0.15) is 5.10 Å². The molecule has 8 nitrogen and oxygen atoms in total. The van der Waals surface area contributed by atoms with Crippen LogP contribution < -0.4 is 29.1 Å². The molecule has 8 heteroatoms. The van der Waals surface area contributed by atoms with Crippen molar-refractivity contribution in [1.29, 1.82) is 0 Å². The summed E-state index contributed by atoms with van der Waals surface area (Å²) >= 11 is 0. The highest BCUT2D eigenvalue weighted by molar-refractivity contribution is 5.95. The minimum absolute atomic E-state index is 0.211. The second-order valence-corrected chi connectivity index (χ2v) is 6.35. The van der Waals surface area contributed by atoms with E-state index in [9.17, 15) is 0 Å². The van der Waals surface area contributed by atoms with Crippen LogP contribution in [0.5, 0.6) is 28.7 Å². The number of nitrogens with one attached hydrogen (secondary N) is 1. The third kappa shape index (κ3) is 3.56. The van der Waals surface area contributed by atoms with Gasteiger partial charge in [-0.25, -0.2) is 0 Å². The molecular weight excluding hydrogens is 374 g/mol. The van der Waals surface area contributed by atoms with Gasteiger partial charge in [-0.3, -0.25) is 10.4 Å². The molecule has 0 spiro atoms. The molecule has 0 saturated heterocycles. The summed E-state index contributed by atoms with van der Waals surface area (Å²) < 4.78 is 27.1. The summed E-state index contributed by atoms with van der Waals surface area (Å²) in [6, 6.07) is 9.24. The van der Waals surface area contributed by atoms with Crippen LogP contribution >= 0.6 is 0 Å². The molecule has 0 bridgehead atoms. The molecule has 2 heterocycles. The number of nitrogens with zero attached hydrogens (tertiary/aromatic N) is 2. The van der Waals surface area contributed by atoms with Crippen molar-refractivity contribution in [3.63, 3.8) is 0 Å². The fraction of sp³-hybridized carbons (Fsp3) is 0.238. The molecule has 3 aromatic rings. The lowest BCUT2D eigenvalue weighted by Gasteiger charge is -2.12. The molecule has 0 aliphatic carbocycles. The zero-order valence-electron chi connectivity index (χ0n) is 16.6. The molecular formula is C21H21N3O5. The van der Waals surface area contributed by atoms with Crippen LogP contribution in [0, 0.1) is 6.92 Å². The quantitative estimate of drug-likeness (QED) is 0.503. The van der Waals surface area contributed by atoms with Crippen LogP contribution in [0.4, 0.5) is 5.69 Å². The smallest absolute Gasteiger partial charge is 0.231 e. The fourth-order valence-corrected chi connectivity index (χ4v) is 3.17. The number of aromatic nitrogens is 1. The number of pyridine rings is 1. The van der Waals surface area contributed by atoms with Crippen molar-refractivity contribution in [2.24, 2.45) is 5.10 Å². The van der Waals surface area contributed by atoms with Crippen LogP contribution in [0.25, 0.3) is 10.9 Å². The second-order valence-electron chi connectivity index (χ2n) is 6.35. The number of methoxy groups -OCH3 is 3. The number of hydrogen-bond acceptors (Lipinski definition) is 8. The van der Waals surface area contributed by atoms with Gasteiger partial charge in [0.25, 0.3) is 0 Å². The molecule has 1 aliphatic rings. The first-order valence-corrected chi connectivity index (χ1v) is 8.93. The Bertz CT molecular complexity index is 1070. The number of hydrazone groups is 1. The van der Waals surface area contributed by atoms with Gasteiger partial charge in [-0.15, -0.1) is 0 Å². The summed E-state index contributed by atoms with van der Waals surface area (Å²) in [5, 5.41) is 5.27. The first kappa shape index (κ1) is 18.7. The van der Waals surface area contributed by atoms with Crippen LogP contribution in [-0.2, 0) is 0 Å². The average Bonchev–Trinajstić information content (AvgIpc) is 3.19. The normalized spacial score (nSPS) is 12.4. The molecule has 1 aromatic heterocycles. The predicted octanol–water partition coefficient (Wildman–Crippen LogP) is 3.74. The van der Waals surface area contributed by atoms with Crippen molar-refractivity contribution in [3.05, 3.63) is 41.6 Å². The van der Waals surface area contributed by atoms with E-state index < -0.39 is 0 Å². The van der Waals surface area contributed by atoms with Gasteiger partial charge in [0.05, 0.1) is 44.3 Å². The van der Waals surface area contributed by atoms with E-state index in [-0.39, 0.29) is 6.79 Å². The van der Waals surface area contributed by atoms with E-state index in [1.165, 1.54) is 0 Å². The Labute approximate surface area is 168 Å². The van der Waals surface area contributed by atoms with Crippen molar-refractivity contribution in [1.82, 2.24) is 4.98 Å². The van der Waals surface area contributed by atoms with E-state index in [1.54, 1.807) is 39.7 Å². The van der Waals surface area contributed by atoms with Gasteiger partial charge in [0, 0.05) is 29.3 Å². The number of hydrogen-bond donors (Lipinski definition) is 1. The third-order valence-corrected chi connectivity index (χ3v) is 4.56. The molecule has 0 unspecified atom stereocenters. The molecule has 2 aromatic carbocycles. The molecule has 0 radical (unpaired) electrons. The molecule has 1 N–H and O–H groups in total. The highest BCUT2D eigenvalue weighted by Gasteiger charge is 2.17. The van der Waals surface area contributed by atoms with Crippen molar-refractivity contribution in [2.75, 3.05) is 33.5 Å². The van der Waals surface area contributed by atoms with Crippen molar-refractivity contribution >= 4 is 22.8 Å². The number of ether oxygens (including phenoxy) is 5. The van der Waals surface area contributed by atoms with Crippen LogP contribution in [0.3, 0.4) is 0 Å². The van der Waals surface area contributed by atoms with E-state index in [2.05, 4.69) is 15.5 Å². The Morgan fingerprint density at radius 3 is 2.31 bits per heavy atom. The summed E-state index contributed by atoms with van der Waals surface area (Å²) in [6.07, 6.45) is 1.64.